The van der Waals surface area contributed by atoms with Crippen LogP contribution in [-0.4, -0.2) is 60.7 Å². The third-order valence-electron chi connectivity index (χ3n) is 5.28. The molecule has 2 aliphatic rings. The number of nitriles is 1. The minimum atomic E-state index is -0.981. The molecule has 1 aromatic rings. The van der Waals surface area contributed by atoms with Crippen LogP contribution < -0.4 is 10.2 Å². The van der Waals surface area contributed by atoms with Gasteiger partial charge in [-0.3, -0.25) is 9.69 Å². The predicted molar refractivity (Wildman–Crippen MR) is 96.4 cm³/mol. The van der Waals surface area contributed by atoms with Gasteiger partial charge >= 0.3 is 5.97 Å². The number of carbonyl (C=O) groups is 1. The molecular weight excluding hydrogens is 332 g/mol. The van der Waals surface area contributed by atoms with E-state index in [1.165, 1.54) is 0 Å². The topological polar surface area (TPSA) is 96.7 Å². The molecule has 2 atom stereocenters. The molecule has 0 bridgehead atoms. The van der Waals surface area contributed by atoms with E-state index in [1.54, 1.807) is 5.94 Å². The average Bonchev–Trinajstić information content (AvgIpc) is 2.67. The SMILES string of the molecule is Cc1cc(C#N)ccc1N1CCN([C@H]2CCNC(=C=O)[C@@H]2C(=O)O)CC1. The summed E-state index contributed by atoms with van der Waals surface area (Å²) in [5.41, 5.74) is 2.97. The van der Waals surface area contributed by atoms with Crippen molar-refractivity contribution >= 4 is 17.6 Å². The Kier molecular flexibility index (Phi) is 5.27. The number of piperidine rings is 1. The Morgan fingerprint density at radius 1 is 1.31 bits per heavy atom. The summed E-state index contributed by atoms with van der Waals surface area (Å²) in [7, 11) is 0. The lowest BCUT2D eigenvalue weighted by Crippen LogP contribution is -2.57. The van der Waals surface area contributed by atoms with E-state index in [9.17, 15) is 14.7 Å². The number of hydrogen-bond donors (Lipinski definition) is 2. The molecule has 0 saturated carbocycles. The van der Waals surface area contributed by atoms with Gasteiger partial charge in [-0.1, -0.05) is 0 Å². The van der Waals surface area contributed by atoms with Gasteiger partial charge in [0.05, 0.1) is 11.6 Å². The molecule has 7 heteroatoms. The molecule has 0 aliphatic carbocycles. The molecule has 7 nitrogen and oxygen atoms in total. The maximum Gasteiger partial charge on any atom is 0.314 e. The largest absolute Gasteiger partial charge is 0.481 e. The number of aliphatic carboxylic acids is 1. The van der Waals surface area contributed by atoms with E-state index in [2.05, 4.69) is 21.2 Å². The van der Waals surface area contributed by atoms with Gasteiger partial charge < -0.3 is 15.3 Å². The quantitative estimate of drug-likeness (QED) is 0.774. The van der Waals surface area contributed by atoms with Crippen LogP contribution in [0.3, 0.4) is 0 Å². The summed E-state index contributed by atoms with van der Waals surface area (Å²) in [6.45, 7) is 5.62. The molecule has 0 spiro atoms. The number of aryl methyl sites for hydroxylation is 1. The van der Waals surface area contributed by atoms with Crippen molar-refractivity contribution in [2.75, 3.05) is 37.6 Å². The highest BCUT2D eigenvalue weighted by Gasteiger charge is 2.40. The first-order valence-corrected chi connectivity index (χ1v) is 8.76. The van der Waals surface area contributed by atoms with E-state index in [4.69, 9.17) is 5.26 Å². The van der Waals surface area contributed by atoms with Crippen molar-refractivity contribution in [3.05, 3.63) is 35.0 Å². The molecule has 0 unspecified atom stereocenters. The molecule has 2 N–H and O–H groups in total. The van der Waals surface area contributed by atoms with E-state index >= 15 is 0 Å². The Hall–Kier alpha value is -2.81. The standard InChI is InChI=1S/C19H22N4O3/c1-13-10-14(11-20)2-3-16(13)22-6-8-23(9-7-22)17-4-5-21-15(12-24)18(17)19(25)26/h2-3,10,17-18,21H,4-9H2,1H3,(H,25,26)/t17-,18-/m0/s1. The lowest BCUT2D eigenvalue weighted by molar-refractivity contribution is -0.143. The molecule has 2 fully saturated rings. The normalized spacial score (nSPS) is 23.7. The lowest BCUT2D eigenvalue weighted by atomic mass is 9.88. The Bertz CT molecular complexity index is 786. The monoisotopic (exact) mass is 354 g/mol. The number of anilines is 1. The Labute approximate surface area is 152 Å². The van der Waals surface area contributed by atoms with Crippen molar-refractivity contribution in [3.63, 3.8) is 0 Å². The van der Waals surface area contributed by atoms with Crippen molar-refractivity contribution in [1.82, 2.24) is 10.2 Å². The van der Waals surface area contributed by atoms with Crippen LogP contribution in [0.5, 0.6) is 0 Å². The van der Waals surface area contributed by atoms with Crippen molar-refractivity contribution in [3.8, 4) is 6.07 Å². The number of piperazine rings is 1. The van der Waals surface area contributed by atoms with Gasteiger partial charge in [0.1, 0.15) is 17.6 Å². The van der Waals surface area contributed by atoms with Gasteiger partial charge in [0.15, 0.2) is 0 Å². The molecule has 2 heterocycles. The van der Waals surface area contributed by atoms with Gasteiger partial charge in [-0.05, 0) is 37.1 Å². The number of nitrogens with one attached hydrogen (secondary N) is 1. The Morgan fingerprint density at radius 3 is 2.62 bits per heavy atom. The minimum absolute atomic E-state index is 0.152. The fraction of sp³-hybridized carbons (Fsp3) is 0.474. The van der Waals surface area contributed by atoms with E-state index in [-0.39, 0.29) is 11.7 Å². The van der Waals surface area contributed by atoms with Gasteiger partial charge in [0.2, 0.25) is 0 Å². The highest BCUT2D eigenvalue weighted by atomic mass is 16.4. The average molecular weight is 354 g/mol. The molecule has 136 valence electrons. The molecule has 1 aromatic carbocycles. The third kappa shape index (κ3) is 3.43. The maximum atomic E-state index is 11.7. The Morgan fingerprint density at radius 2 is 2.04 bits per heavy atom. The number of carboxylic acids is 1. The first kappa shape index (κ1) is 18.0. The second-order valence-corrected chi connectivity index (χ2v) is 6.75. The zero-order valence-corrected chi connectivity index (χ0v) is 14.7. The summed E-state index contributed by atoms with van der Waals surface area (Å²) >= 11 is 0. The van der Waals surface area contributed by atoms with Crippen LogP contribution in [0, 0.1) is 24.2 Å². The molecular formula is C19H22N4O3. The highest BCUT2D eigenvalue weighted by molar-refractivity contribution is 5.78. The van der Waals surface area contributed by atoms with Crippen LogP contribution in [0.15, 0.2) is 23.9 Å². The molecule has 0 aromatic heterocycles. The van der Waals surface area contributed by atoms with Crippen LogP contribution in [-0.2, 0) is 9.59 Å². The zero-order chi connectivity index (χ0) is 18.7. The highest BCUT2D eigenvalue weighted by Crippen LogP contribution is 2.27. The van der Waals surface area contributed by atoms with Crippen LogP contribution >= 0.6 is 0 Å². The number of rotatable bonds is 3. The van der Waals surface area contributed by atoms with Gasteiger partial charge in [-0.2, -0.15) is 5.26 Å². The first-order chi connectivity index (χ1) is 12.5. The number of hydrogen-bond acceptors (Lipinski definition) is 6. The molecule has 3 rings (SSSR count). The van der Waals surface area contributed by atoms with Crippen molar-refractivity contribution < 1.29 is 14.7 Å². The van der Waals surface area contributed by atoms with E-state index in [0.29, 0.717) is 18.5 Å². The molecule has 2 aliphatic heterocycles. The summed E-state index contributed by atoms with van der Waals surface area (Å²) in [6, 6.07) is 7.65. The van der Waals surface area contributed by atoms with Crippen molar-refractivity contribution in [2.24, 2.45) is 5.92 Å². The van der Waals surface area contributed by atoms with Gasteiger partial charge in [0, 0.05) is 44.5 Å². The first-order valence-electron chi connectivity index (χ1n) is 8.76. The van der Waals surface area contributed by atoms with E-state index in [1.807, 2.05) is 25.1 Å². The smallest absolute Gasteiger partial charge is 0.314 e. The second kappa shape index (κ2) is 7.61. The molecule has 2 saturated heterocycles. The lowest BCUT2D eigenvalue weighted by Gasteiger charge is -2.44. The van der Waals surface area contributed by atoms with Gasteiger partial charge in [-0.15, -0.1) is 0 Å². The van der Waals surface area contributed by atoms with E-state index < -0.39 is 11.9 Å². The number of carboxylic acid groups (broad SMARTS) is 1. The summed E-state index contributed by atoms with van der Waals surface area (Å²) in [5, 5.41) is 21.4. The van der Waals surface area contributed by atoms with Crippen LogP contribution in [0.25, 0.3) is 0 Å². The van der Waals surface area contributed by atoms with Crippen molar-refractivity contribution in [2.45, 2.75) is 19.4 Å². The molecule has 0 amide bonds. The molecule has 0 radical (unpaired) electrons. The van der Waals surface area contributed by atoms with Gasteiger partial charge in [0.25, 0.3) is 0 Å². The van der Waals surface area contributed by atoms with E-state index in [0.717, 1.165) is 37.4 Å². The summed E-state index contributed by atoms with van der Waals surface area (Å²) in [4.78, 5) is 27.2. The van der Waals surface area contributed by atoms with Crippen LogP contribution in [0.4, 0.5) is 5.69 Å². The second-order valence-electron chi connectivity index (χ2n) is 6.75. The van der Waals surface area contributed by atoms with Crippen LogP contribution in [0.2, 0.25) is 0 Å². The van der Waals surface area contributed by atoms with Crippen molar-refractivity contribution in [1.29, 1.82) is 5.26 Å². The zero-order valence-electron chi connectivity index (χ0n) is 14.7. The summed E-state index contributed by atoms with van der Waals surface area (Å²) in [6.07, 6.45) is 0.693. The number of carbonyl (C=O) groups excluding carboxylic acids is 1. The fourth-order valence-electron chi connectivity index (χ4n) is 3.98. The summed E-state index contributed by atoms with van der Waals surface area (Å²) in [5.74, 6) is -0.0551. The minimum Gasteiger partial charge on any atom is -0.481 e. The molecule has 26 heavy (non-hydrogen) atoms. The predicted octanol–water partition coefficient (Wildman–Crippen LogP) is 0.767. The Balaban J connectivity index is 1.71. The maximum absolute atomic E-state index is 11.7. The number of benzene rings is 1. The third-order valence-corrected chi connectivity index (χ3v) is 5.28. The van der Waals surface area contributed by atoms with Crippen LogP contribution in [0.1, 0.15) is 17.5 Å². The van der Waals surface area contributed by atoms with Gasteiger partial charge in [-0.25, -0.2) is 4.79 Å². The fourth-order valence-corrected chi connectivity index (χ4v) is 3.98. The number of nitrogens with zero attached hydrogens (tertiary/aromatic N) is 3. The summed E-state index contributed by atoms with van der Waals surface area (Å²) < 4.78 is 0.